The molecule has 0 bridgehead atoms. The molecule has 1 aromatic heterocycles. The summed E-state index contributed by atoms with van der Waals surface area (Å²) in [6, 6.07) is 3.17. The predicted molar refractivity (Wildman–Crippen MR) is 73.1 cm³/mol. The highest BCUT2D eigenvalue weighted by Gasteiger charge is 2.14. The molecule has 1 rings (SSSR count). The second kappa shape index (κ2) is 7.59. The number of sulfonamides is 1. The molecular weight excluding hydrogens is 288 g/mol. The Labute approximate surface area is 117 Å². The van der Waals surface area contributed by atoms with Crippen molar-refractivity contribution in [3.8, 4) is 0 Å². The van der Waals surface area contributed by atoms with Gasteiger partial charge in [0, 0.05) is 13.0 Å². The number of nitrogens with one attached hydrogen (secondary N) is 2. The van der Waals surface area contributed by atoms with Gasteiger partial charge in [-0.1, -0.05) is 19.9 Å². The van der Waals surface area contributed by atoms with E-state index in [0.29, 0.717) is 12.5 Å². The third-order valence-corrected chi connectivity index (χ3v) is 4.87. The van der Waals surface area contributed by atoms with Crippen LogP contribution in [0.4, 0.5) is 0 Å². The van der Waals surface area contributed by atoms with Gasteiger partial charge >= 0.3 is 0 Å². The summed E-state index contributed by atoms with van der Waals surface area (Å²) in [5, 5.41) is 1.68. The number of hydrogen-bond acceptors (Lipinski definition) is 5. The van der Waals surface area contributed by atoms with E-state index in [2.05, 4.69) is 10.2 Å². The second-order valence-electron chi connectivity index (χ2n) is 4.31. The molecule has 2 N–H and O–H groups in total. The molecule has 0 aliphatic heterocycles. The van der Waals surface area contributed by atoms with E-state index < -0.39 is 10.0 Å². The summed E-state index contributed by atoms with van der Waals surface area (Å²) in [5.41, 5.74) is 2.26. The maximum atomic E-state index is 11.7. The molecule has 1 aromatic rings. The number of hydrogen-bond donors (Lipinski definition) is 2. The lowest BCUT2D eigenvalue weighted by Crippen LogP contribution is -2.31. The first-order valence-electron chi connectivity index (χ1n) is 5.85. The molecule has 0 radical (unpaired) electrons. The molecule has 0 aliphatic carbocycles. The van der Waals surface area contributed by atoms with Gasteiger partial charge in [0.2, 0.25) is 15.9 Å². The van der Waals surface area contributed by atoms with Crippen molar-refractivity contribution in [3.63, 3.8) is 0 Å². The van der Waals surface area contributed by atoms with E-state index in [1.165, 1.54) is 6.07 Å². The Hall–Kier alpha value is -0.960. The van der Waals surface area contributed by atoms with Gasteiger partial charge in [0.15, 0.2) is 0 Å². The molecule has 8 heteroatoms. The zero-order valence-electron chi connectivity index (χ0n) is 10.9. The molecule has 0 unspecified atom stereocenters. The van der Waals surface area contributed by atoms with E-state index in [9.17, 15) is 13.2 Å². The quantitative estimate of drug-likeness (QED) is 0.705. The molecule has 0 aromatic carbocycles. The molecule has 0 fully saturated rings. The lowest BCUT2D eigenvalue weighted by molar-refractivity contribution is -0.134. The second-order valence-corrected chi connectivity index (χ2v) is 7.25. The van der Waals surface area contributed by atoms with E-state index in [1.54, 1.807) is 11.4 Å². The number of hydroxylamine groups is 1. The maximum Gasteiger partial charge on any atom is 0.250 e. The fourth-order valence-corrected chi connectivity index (χ4v) is 3.20. The summed E-state index contributed by atoms with van der Waals surface area (Å²) in [6.07, 6.45) is 0.0305. The van der Waals surface area contributed by atoms with Crippen molar-refractivity contribution in [1.82, 2.24) is 10.2 Å². The Kier molecular flexibility index (Phi) is 6.43. The lowest BCUT2D eigenvalue weighted by atomic mass is 10.2. The summed E-state index contributed by atoms with van der Waals surface area (Å²) in [6.45, 7) is 4.38. The average Bonchev–Trinajstić information content (AvgIpc) is 2.82. The van der Waals surface area contributed by atoms with E-state index in [0.717, 1.165) is 11.3 Å². The SMILES string of the molecule is CC(C)CONC(=O)CCNS(=O)(=O)c1cccs1. The highest BCUT2D eigenvalue weighted by Crippen LogP contribution is 2.14. The van der Waals surface area contributed by atoms with Crippen molar-refractivity contribution in [2.45, 2.75) is 24.5 Å². The van der Waals surface area contributed by atoms with Gasteiger partial charge in [-0.2, -0.15) is 0 Å². The normalized spacial score (nSPS) is 11.7. The van der Waals surface area contributed by atoms with Crippen LogP contribution in [0.1, 0.15) is 20.3 Å². The summed E-state index contributed by atoms with van der Waals surface area (Å²) >= 11 is 1.13. The van der Waals surface area contributed by atoms with Crippen molar-refractivity contribution in [2.75, 3.05) is 13.2 Å². The molecule has 1 heterocycles. The predicted octanol–water partition coefficient (Wildman–Crippen LogP) is 1.12. The summed E-state index contributed by atoms with van der Waals surface area (Å²) in [4.78, 5) is 16.3. The van der Waals surface area contributed by atoms with E-state index in [4.69, 9.17) is 4.84 Å². The number of rotatable bonds is 8. The molecule has 0 saturated heterocycles. The van der Waals surface area contributed by atoms with Crippen molar-refractivity contribution < 1.29 is 18.0 Å². The van der Waals surface area contributed by atoms with Crippen LogP contribution >= 0.6 is 11.3 Å². The topological polar surface area (TPSA) is 84.5 Å². The minimum atomic E-state index is -3.50. The molecule has 6 nitrogen and oxygen atoms in total. The van der Waals surface area contributed by atoms with Gasteiger partial charge in [0.25, 0.3) is 0 Å². The number of thiophene rings is 1. The Bertz CT molecular complexity index is 483. The minimum absolute atomic E-state index is 0.0305. The lowest BCUT2D eigenvalue weighted by Gasteiger charge is -2.08. The molecule has 19 heavy (non-hydrogen) atoms. The van der Waals surface area contributed by atoms with Crippen LogP contribution in [-0.4, -0.2) is 27.5 Å². The Morgan fingerprint density at radius 2 is 2.21 bits per heavy atom. The standard InChI is InChI=1S/C11H18N2O4S2/c1-9(2)8-17-13-10(14)5-6-12-19(15,16)11-4-3-7-18-11/h3-4,7,9,12H,5-6,8H2,1-2H3,(H,13,14). The molecule has 0 atom stereocenters. The van der Waals surface area contributed by atoms with Crippen molar-refractivity contribution in [2.24, 2.45) is 5.92 Å². The van der Waals surface area contributed by atoms with Gasteiger partial charge in [0.1, 0.15) is 4.21 Å². The highest BCUT2D eigenvalue weighted by atomic mass is 32.2. The monoisotopic (exact) mass is 306 g/mol. The van der Waals surface area contributed by atoms with Crippen LogP contribution in [0, 0.1) is 5.92 Å². The van der Waals surface area contributed by atoms with E-state index in [-0.39, 0.29) is 23.1 Å². The smallest absolute Gasteiger partial charge is 0.250 e. The maximum absolute atomic E-state index is 11.7. The zero-order chi connectivity index (χ0) is 14.3. The van der Waals surface area contributed by atoms with Gasteiger partial charge in [-0.3, -0.25) is 9.63 Å². The third-order valence-electron chi connectivity index (χ3n) is 2.01. The van der Waals surface area contributed by atoms with Gasteiger partial charge in [-0.05, 0) is 17.4 Å². The average molecular weight is 306 g/mol. The van der Waals surface area contributed by atoms with Crippen molar-refractivity contribution in [1.29, 1.82) is 0 Å². The van der Waals surface area contributed by atoms with Crippen LogP contribution in [-0.2, 0) is 19.7 Å². The largest absolute Gasteiger partial charge is 0.273 e. The van der Waals surface area contributed by atoms with Crippen LogP contribution in [0.2, 0.25) is 0 Å². The van der Waals surface area contributed by atoms with Crippen molar-refractivity contribution >= 4 is 27.3 Å². The number of amides is 1. The zero-order valence-corrected chi connectivity index (χ0v) is 12.5. The minimum Gasteiger partial charge on any atom is -0.273 e. The first-order chi connectivity index (χ1) is 8.92. The van der Waals surface area contributed by atoms with Gasteiger partial charge in [-0.25, -0.2) is 18.6 Å². The summed E-state index contributed by atoms with van der Waals surface area (Å²) in [7, 11) is -3.50. The molecular formula is C11H18N2O4S2. The molecule has 0 aliphatic rings. The van der Waals surface area contributed by atoms with E-state index in [1.807, 2.05) is 13.8 Å². The van der Waals surface area contributed by atoms with Crippen LogP contribution in [0.5, 0.6) is 0 Å². The van der Waals surface area contributed by atoms with Gasteiger partial charge in [0.05, 0.1) is 6.61 Å². The van der Waals surface area contributed by atoms with E-state index >= 15 is 0 Å². The van der Waals surface area contributed by atoms with Crippen LogP contribution < -0.4 is 10.2 Å². The Balaban J connectivity index is 2.25. The van der Waals surface area contributed by atoms with Crippen LogP contribution in [0.25, 0.3) is 0 Å². The fourth-order valence-electron chi connectivity index (χ4n) is 1.13. The molecule has 1 amide bonds. The first kappa shape index (κ1) is 16.1. The molecule has 108 valence electrons. The van der Waals surface area contributed by atoms with Gasteiger partial charge in [-0.15, -0.1) is 11.3 Å². The van der Waals surface area contributed by atoms with Gasteiger partial charge < -0.3 is 0 Å². The Morgan fingerprint density at radius 1 is 1.47 bits per heavy atom. The van der Waals surface area contributed by atoms with Crippen molar-refractivity contribution in [3.05, 3.63) is 17.5 Å². The number of carbonyl (C=O) groups is 1. The third kappa shape index (κ3) is 6.15. The molecule has 0 spiro atoms. The first-order valence-corrected chi connectivity index (χ1v) is 8.22. The van der Waals surface area contributed by atoms with Crippen LogP contribution in [0.3, 0.4) is 0 Å². The Morgan fingerprint density at radius 3 is 2.79 bits per heavy atom. The highest BCUT2D eigenvalue weighted by molar-refractivity contribution is 7.91. The fraction of sp³-hybridized carbons (Fsp3) is 0.545. The number of carbonyl (C=O) groups excluding carboxylic acids is 1. The summed E-state index contributed by atoms with van der Waals surface area (Å²) in [5.74, 6) is -0.0350. The molecule has 0 saturated carbocycles. The summed E-state index contributed by atoms with van der Waals surface area (Å²) < 4.78 is 26.0. The van der Waals surface area contributed by atoms with Crippen LogP contribution in [0.15, 0.2) is 21.7 Å².